The highest BCUT2D eigenvalue weighted by Gasteiger charge is 2.09. The summed E-state index contributed by atoms with van der Waals surface area (Å²) in [6.07, 6.45) is 0.225. The van der Waals surface area contributed by atoms with Crippen molar-refractivity contribution >= 4 is 23.2 Å². The summed E-state index contributed by atoms with van der Waals surface area (Å²) in [4.78, 5) is 12.2. The van der Waals surface area contributed by atoms with Gasteiger partial charge in [0.25, 0.3) is 0 Å². The van der Waals surface area contributed by atoms with E-state index in [-0.39, 0.29) is 18.9 Å². The van der Waals surface area contributed by atoms with Gasteiger partial charge in [0.15, 0.2) is 5.75 Å². The van der Waals surface area contributed by atoms with E-state index in [1.807, 2.05) is 48.5 Å². The zero-order valence-corrected chi connectivity index (χ0v) is 14.8. The van der Waals surface area contributed by atoms with Gasteiger partial charge in [0.1, 0.15) is 11.5 Å². The number of rotatable bonds is 7. The van der Waals surface area contributed by atoms with Crippen LogP contribution in [0.3, 0.4) is 0 Å². The highest BCUT2D eigenvalue weighted by molar-refractivity contribution is 6.30. The van der Waals surface area contributed by atoms with Crippen LogP contribution in [-0.4, -0.2) is 12.5 Å². The average Bonchev–Trinajstić information content (AvgIpc) is 2.66. The van der Waals surface area contributed by atoms with Gasteiger partial charge in [-0.1, -0.05) is 41.9 Å². The monoisotopic (exact) mass is 367 g/mol. The minimum Gasteiger partial charge on any atom is -0.493 e. The molecule has 0 unspecified atom stereocenters. The third-order valence-corrected chi connectivity index (χ3v) is 3.80. The highest BCUT2D eigenvalue weighted by atomic mass is 35.5. The van der Waals surface area contributed by atoms with Crippen molar-refractivity contribution in [2.75, 3.05) is 11.9 Å². The molecule has 0 aliphatic carbocycles. The Morgan fingerprint density at radius 2 is 1.54 bits per heavy atom. The van der Waals surface area contributed by atoms with Gasteiger partial charge in [0.2, 0.25) is 5.91 Å². The van der Waals surface area contributed by atoms with Crippen molar-refractivity contribution in [2.45, 2.75) is 6.42 Å². The minimum atomic E-state index is -0.150. The van der Waals surface area contributed by atoms with Crippen LogP contribution in [-0.2, 0) is 4.79 Å². The van der Waals surface area contributed by atoms with E-state index < -0.39 is 0 Å². The summed E-state index contributed by atoms with van der Waals surface area (Å²) in [7, 11) is 0. The van der Waals surface area contributed by atoms with Crippen LogP contribution in [0.15, 0.2) is 78.9 Å². The van der Waals surface area contributed by atoms with Crippen LogP contribution in [0.1, 0.15) is 6.42 Å². The summed E-state index contributed by atoms with van der Waals surface area (Å²) in [6.45, 7) is 0.273. The van der Waals surface area contributed by atoms with Crippen molar-refractivity contribution < 1.29 is 14.3 Å². The molecule has 0 aliphatic heterocycles. The number of anilines is 1. The first-order valence-electron chi connectivity index (χ1n) is 8.21. The fraction of sp³-hybridized carbons (Fsp3) is 0.0952. The number of carbonyl (C=O) groups is 1. The lowest BCUT2D eigenvalue weighted by Crippen LogP contribution is -2.15. The van der Waals surface area contributed by atoms with E-state index in [4.69, 9.17) is 21.1 Å². The zero-order valence-electron chi connectivity index (χ0n) is 14.0. The highest BCUT2D eigenvalue weighted by Crippen LogP contribution is 2.29. The minimum absolute atomic E-state index is 0.150. The molecule has 1 N–H and O–H groups in total. The summed E-state index contributed by atoms with van der Waals surface area (Å²) in [5.74, 6) is 1.82. The van der Waals surface area contributed by atoms with Crippen molar-refractivity contribution in [1.82, 2.24) is 0 Å². The number of benzene rings is 3. The van der Waals surface area contributed by atoms with Crippen molar-refractivity contribution in [3.8, 4) is 17.2 Å². The molecule has 0 aromatic heterocycles. The van der Waals surface area contributed by atoms with Gasteiger partial charge in [0, 0.05) is 5.02 Å². The fourth-order valence-electron chi connectivity index (χ4n) is 2.28. The first kappa shape index (κ1) is 17.8. The molecule has 0 saturated heterocycles. The Bertz CT molecular complexity index is 851. The Hall–Kier alpha value is -2.98. The van der Waals surface area contributed by atoms with Crippen molar-refractivity contribution in [3.05, 3.63) is 83.9 Å². The number of para-hydroxylation sites is 3. The first-order valence-corrected chi connectivity index (χ1v) is 8.59. The summed E-state index contributed by atoms with van der Waals surface area (Å²) < 4.78 is 11.4. The maximum atomic E-state index is 12.2. The van der Waals surface area contributed by atoms with Crippen LogP contribution in [0.5, 0.6) is 17.2 Å². The number of hydrogen-bond donors (Lipinski definition) is 1. The predicted molar refractivity (Wildman–Crippen MR) is 103 cm³/mol. The second-order valence-electron chi connectivity index (χ2n) is 5.51. The topological polar surface area (TPSA) is 47.6 Å². The van der Waals surface area contributed by atoms with Crippen molar-refractivity contribution in [2.24, 2.45) is 0 Å². The molecule has 0 fully saturated rings. The normalized spacial score (nSPS) is 10.2. The van der Waals surface area contributed by atoms with Crippen LogP contribution in [0, 0.1) is 0 Å². The third-order valence-electron chi connectivity index (χ3n) is 3.54. The number of carbonyl (C=O) groups excluding carboxylic acids is 1. The molecule has 0 saturated carbocycles. The maximum absolute atomic E-state index is 12.2. The molecule has 0 radical (unpaired) electrons. The number of hydrogen-bond acceptors (Lipinski definition) is 3. The molecule has 3 rings (SSSR count). The van der Waals surface area contributed by atoms with E-state index in [1.54, 1.807) is 30.3 Å². The van der Waals surface area contributed by atoms with Crippen LogP contribution >= 0.6 is 11.6 Å². The summed E-state index contributed by atoms with van der Waals surface area (Å²) in [6, 6.07) is 23.8. The second-order valence-corrected chi connectivity index (χ2v) is 5.95. The van der Waals surface area contributed by atoms with E-state index in [2.05, 4.69) is 5.32 Å². The Morgan fingerprint density at radius 3 is 2.31 bits per heavy atom. The van der Waals surface area contributed by atoms with Crippen molar-refractivity contribution in [3.63, 3.8) is 0 Å². The Balaban J connectivity index is 1.55. The first-order chi connectivity index (χ1) is 12.7. The molecule has 26 heavy (non-hydrogen) atoms. The third kappa shape index (κ3) is 5.26. The molecule has 1 amide bonds. The summed E-state index contributed by atoms with van der Waals surface area (Å²) in [5, 5.41) is 3.50. The maximum Gasteiger partial charge on any atom is 0.227 e. The Kier molecular flexibility index (Phi) is 6.12. The van der Waals surface area contributed by atoms with Crippen molar-refractivity contribution in [1.29, 1.82) is 0 Å². The molecule has 0 atom stereocenters. The Labute approximate surface area is 157 Å². The molecule has 0 heterocycles. The van der Waals surface area contributed by atoms with Gasteiger partial charge in [0.05, 0.1) is 18.7 Å². The second kappa shape index (κ2) is 8.92. The summed E-state index contributed by atoms with van der Waals surface area (Å²) >= 11 is 5.83. The van der Waals surface area contributed by atoms with Crippen LogP contribution in [0.25, 0.3) is 0 Å². The van der Waals surface area contributed by atoms with Gasteiger partial charge in [-0.25, -0.2) is 0 Å². The van der Waals surface area contributed by atoms with Gasteiger partial charge >= 0.3 is 0 Å². The molecule has 132 valence electrons. The molecule has 5 heteroatoms. The molecular formula is C21H18ClNO3. The number of halogens is 1. The van der Waals surface area contributed by atoms with E-state index in [0.29, 0.717) is 28.0 Å². The van der Waals surface area contributed by atoms with Crippen LogP contribution < -0.4 is 14.8 Å². The zero-order chi connectivity index (χ0) is 18.2. The predicted octanol–water partition coefficient (Wildman–Crippen LogP) is 5.54. The lowest BCUT2D eigenvalue weighted by molar-refractivity contribution is -0.116. The van der Waals surface area contributed by atoms with E-state index in [0.717, 1.165) is 0 Å². The summed E-state index contributed by atoms with van der Waals surface area (Å²) in [5.41, 5.74) is 0.618. The molecule has 3 aromatic carbocycles. The fourth-order valence-corrected chi connectivity index (χ4v) is 2.41. The van der Waals surface area contributed by atoms with Gasteiger partial charge in [-0.05, 0) is 48.5 Å². The number of ether oxygens (including phenoxy) is 2. The number of nitrogens with one attached hydrogen (secondary N) is 1. The quantitative estimate of drug-likeness (QED) is 0.596. The van der Waals surface area contributed by atoms with Gasteiger partial charge in [-0.3, -0.25) is 4.79 Å². The van der Waals surface area contributed by atoms with Gasteiger partial charge < -0.3 is 14.8 Å². The Morgan fingerprint density at radius 1 is 0.846 bits per heavy atom. The van der Waals surface area contributed by atoms with Gasteiger partial charge in [-0.15, -0.1) is 0 Å². The average molecular weight is 368 g/mol. The standard InChI is InChI=1S/C21H18ClNO3/c22-16-10-12-17(13-11-16)25-15-14-21(24)23-19-8-4-5-9-20(19)26-18-6-2-1-3-7-18/h1-13H,14-15H2,(H,23,24). The molecule has 4 nitrogen and oxygen atoms in total. The van der Waals surface area contributed by atoms with E-state index >= 15 is 0 Å². The SMILES string of the molecule is O=C(CCOc1ccc(Cl)cc1)Nc1ccccc1Oc1ccccc1. The van der Waals surface area contributed by atoms with Gasteiger partial charge in [-0.2, -0.15) is 0 Å². The molecule has 0 spiro atoms. The number of amides is 1. The lowest BCUT2D eigenvalue weighted by Gasteiger charge is -2.12. The molecule has 0 bridgehead atoms. The lowest BCUT2D eigenvalue weighted by atomic mass is 10.2. The van der Waals surface area contributed by atoms with Crippen LogP contribution in [0.4, 0.5) is 5.69 Å². The molecule has 3 aromatic rings. The smallest absolute Gasteiger partial charge is 0.227 e. The van der Waals surface area contributed by atoms with E-state index in [9.17, 15) is 4.79 Å². The van der Waals surface area contributed by atoms with E-state index in [1.165, 1.54) is 0 Å². The largest absolute Gasteiger partial charge is 0.493 e. The molecule has 0 aliphatic rings. The van der Waals surface area contributed by atoms with Crippen LogP contribution in [0.2, 0.25) is 5.02 Å². The molecular weight excluding hydrogens is 350 g/mol.